The number of anilines is 1. The molecule has 1 amide bonds. The van der Waals surface area contributed by atoms with E-state index < -0.39 is 0 Å². The number of para-hydroxylation sites is 1. The third-order valence-electron chi connectivity index (χ3n) is 8.02. The summed E-state index contributed by atoms with van der Waals surface area (Å²) in [6.07, 6.45) is 1.59. The van der Waals surface area contributed by atoms with Crippen LogP contribution in [0, 0.1) is 19.7 Å². The van der Waals surface area contributed by atoms with Crippen molar-refractivity contribution in [3.05, 3.63) is 136 Å². The van der Waals surface area contributed by atoms with Crippen molar-refractivity contribution in [3.63, 3.8) is 0 Å². The first-order valence-electron chi connectivity index (χ1n) is 13.0. The summed E-state index contributed by atoms with van der Waals surface area (Å²) in [6, 6.07) is 31.9. The molecule has 0 N–H and O–H groups in total. The van der Waals surface area contributed by atoms with E-state index in [-0.39, 0.29) is 23.3 Å². The van der Waals surface area contributed by atoms with Gasteiger partial charge in [-0.05, 0) is 73.7 Å². The molecule has 4 heteroatoms. The highest BCUT2D eigenvalue weighted by atomic mass is 19.1. The van der Waals surface area contributed by atoms with E-state index in [9.17, 15) is 9.18 Å². The summed E-state index contributed by atoms with van der Waals surface area (Å²) in [4.78, 5) is 18.4. The molecule has 2 atom stereocenters. The van der Waals surface area contributed by atoms with Gasteiger partial charge in [0.15, 0.2) is 0 Å². The number of hydrogen-bond acceptors (Lipinski definition) is 2. The van der Waals surface area contributed by atoms with Crippen LogP contribution in [0.4, 0.5) is 10.1 Å². The first-order chi connectivity index (χ1) is 17.9. The Hall–Kier alpha value is -3.92. The predicted octanol–water partition coefficient (Wildman–Crippen LogP) is 6.82. The van der Waals surface area contributed by atoms with Gasteiger partial charge >= 0.3 is 0 Å². The van der Waals surface area contributed by atoms with Gasteiger partial charge in [0.2, 0.25) is 0 Å². The lowest BCUT2D eigenvalue weighted by molar-refractivity contribution is 0.0709. The number of hydrogen-bond donors (Lipinski definition) is 0. The average Bonchev–Trinajstić information content (AvgIpc) is 3.38. The minimum absolute atomic E-state index is 0.0434. The quantitative estimate of drug-likeness (QED) is 0.307. The molecular formula is C33H31FN2O. The molecular weight excluding hydrogens is 459 g/mol. The van der Waals surface area contributed by atoms with Crippen LogP contribution in [-0.4, -0.2) is 23.5 Å². The summed E-state index contributed by atoms with van der Waals surface area (Å²) in [6.45, 7) is 5.62. The van der Waals surface area contributed by atoms with Crippen molar-refractivity contribution in [1.82, 2.24) is 4.90 Å². The molecule has 3 nitrogen and oxygen atoms in total. The molecule has 2 aliphatic heterocycles. The van der Waals surface area contributed by atoms with Crippen molar-refractivity contribution in [1.29, 1.82) is 0 Å². The zero-order valence-corrected chi connectivity index (χ0v) is 21.3. The first kappa shape index (κ1) is 23.5. The number of rotatable bonds is 5. The summed E-state index contributed by atoms with van der Waals surface area (Å²) in [5.74, 6) is -0.376. The lowest BCUT2D eigenvalue weighted by Gasteiger charge is -2.39. The van der Waals surface area contributed by atoms with Crippen LogP contribution in [0.25, 0.3) is 0 Å². The number of nitrogens with zero attached hydrogens (tertiary/aromatic N) is 2. The van der Waals surface area contributed by atoms with Crippen molar-refractivity contribution < 1.29 is 9.18 Å². The van der Waals surface area contributed by atoms with E-state index in [1.807, 2.05) is 4.90 Å². The number of benzene rings is 4. The molecule has 0 spiro atoms. The smallest absolute Gasteiger partial charge is 0.255 e. The van der Waals surface area contributed by atoms with Gasteiger partial charge in [-0.2, -0.15) is 0 Å². The number of aryl methyl sites for hydroxylation is 2. The van der Waals surface area contributed by atoms with Crippen LogP contribution in [0.1, 0.15) is 44.6 Å². The van der Waals surface area contributed by atoms with Gasteiger partial charge in [-0.3, -0.25) is 4.79 Å². The summed E-state index contributed by atoms with van der Waals surface area (Å²) >= 11 is 0. The molecule has 0 saturated carbocycles. The van der Waals surface area contributed by atoms with Crippen LogP contribution in [0.5, 0.6) is 0 Å². The number of carbonyl (C=O) groups excluding carboxylic acids is 1. The van der Waals surface area contributed by atoms with E-state index in [1.165, 1.54) is 45.6 Å². The van der Waals surface area contributed by atoms with Gasteiger partial charge < -0.3 is 9.80 Å². The fourth-order valence-corrected chi connectivity index (χ4v) is 6.50. The third kappa shape index (κ3) is 4.11. The number of carbonyl (C=O) groups is 1. The Morgan fingerprint density at radius 2 is 1.54 bits per heavy atom. The standard InChI is InChI=1S/C33H31FN2O/c1-23-7-5-9-25(19-23)21-33-17-18-35(31(37)27-13-15-28(34)16-14-27)32(33)36(30-12-4-3-11-29(30)33)22-26-10-6-8-24(2)20-26/h3-16,19-20,32H,17-18,21-22H2,1-2H3. The molecule has 0 radical (unpaired) electrons. The molecule has 0 bridgehead atoms. The second-order valence-electron chi connectivity index (χ2n) is 10.6. The number of halogens is 1. The van der Waals surface area contributed by atoms with Gasteiger partial charge in [-0.25, -0.2) is 4.39 Å². The van der Waals surface area contributed by atoms with Gasteiger partial charge in [-0.15, -0.1) is 0 Å². The van der Waals surface area contributed by atoms with Gasteiger partial charge in [0.25, 0.3) is 5.91 Å². The Morgan fingerprint density at radius 1 is 0.865 bits per heavy atom. The Bertz CT molecular complexity index is 1460. The molecule has 0 aromatic heterocycles. The van der Waals surface area contributed by atoms with Crippen molar-refractivity contribution in [2.75, 3.05) is 11.4 Å². The van der Waals surface area contributed by atoms with Crippen LogP contribution < -0.4 is 4.90 Å². The minimum atomic E-state index is -0.332. The number of likely N-dealkylation sites (tertiary alicyclic amines) is 1. The van der Waals surface area contributed by atoms with Crippen molar-refractivity contribution in [3.8, 4) is 0 Å². The maximum absolute atomic E-state index is 13.9. The maximum Gasteiger partial charge on any atom is 0.255 e. The Morgan fingerprint density at radius 3 is 2.27 bits per heavy atom. The molecule has 1 saturated heterocycles. The zero-order valence-electron chi connectivity index (χ0n) is 21.3. The van der Waals surface area contributed by atoms with Gasteiger partial charge in [0, 0.05) is 29.8 Å². The topological polar surface area (TPSA) is 23.6 Å². The van der Waals surface area contributed by atoms with Crippen molar-refractivity contribution in [2.24, 2.45) is 0 Å². The van der Waals surface area contributed by atoms with Crippen LogP contribution in [0.2, 0.25) is 0 Å². The van der Waals surface area contributed by atoms with E-state index >= 15 is 0 Å². The second-order valence-corrected chi connectivity index (χ2v) is 10.6. The zero-order chi connectivity index (χ0) is 25.6. The minimum Gasteiger partial charge on any atom is -0.346 e. The summed E-state index contributed by atoms with van der Waals surface area (Å²) in [7, 11) is 0. The first-order valence-corrected chi connectivity index (χ1v) is 13.0. The van der Waals surface area contributed by atoms with E-state index in [4.69, 9.17) is 0 Å². The lowest BCUT2D eigenvalue weighted by Crippen LogP contribution is -2.52. The normalized spacial score (nSPS) is 20.1. The van der Waals surface area contributed by atoms with E-state index in [0.717, 1.165) is 12.8 Å². The fraction of sp³-hybridized carbons (Fsp3) is 0.242. The van der Waals surface area contributed by atoms with Crippen LogP contribution in [0.3, 0.4) is 0 Å². The highest BCUT2D eigenvalue weighted by Gasteiger charge is 2.58. The molecule has 0 aliphatic carbocycles. The summed E-state index contributed by atoms with van der Waals surface area (Å²) in [5.41, 5.74) is 7.77. The molecule has 2 heterocycles. The molecule has 6 rings (SSSR count). The largest absolute Gasteiger partial charge is 0.346 e. The molecule has 2 aliphatic rings. The SMILES string of the molecule is Cc1cccc(CN2c3ccccc3C3(Cc4cccc(C)c4)CCN(C(=O)c4ccc(F)cc4)C23)c1. The predicted molar refractivity (Wildman–Crippen MR) is 146 cm³/mol. The number of amides is 1. The monoisotopic (exact) mass is 490 g/mol. The Kier molecular flexibility index (Phi) is 5.83. The van der Waals surface area contributed by atoms with Crippen LogP contribution >= 0.6 is 0 Å². The Labute approximate surface area is 218 Å². The second kappa shape index (κ2) is 9.19. The van der Waals surface area contributed by atoms with Gasteiger partial charge in [0.05, 0.1) is 0 Å². The Balaban J connectivity index is 1.48. The van der Waals surface area contributed by atoms with Crippen molar-refractivity contribution in [2.45, 2.75) is 44.8 Å². The van der Waals surface area contributed by atoms with Crippen molar-refractivity contribution >= 4 is 11.6 Å². The molecule has 1 fully saturated rings. The highest BCUT2D eigenvalue weighted by molar-refractivity contribution is 5.95. The molecule has 4 aromatic rings. The molecule has 4 aromatic carbocycles. The number of fused-ring (bicyclic) bond motifs is 3. The summed E-state index contributed by atoms with van der Waals surface area (Å²) < 4.78 is 13.7. The third-order valence-corrected chi connectivity index (χ3v) is 8.02. The van der Waals surface area contributed by atoms with Crippen LogP contribution in [-0.2, 0) is 18.4 Å². The molecule has 2 unspecified atom stereocenters. The van der Waals surface area contributed by atoms with E-state index in [0.29, 0.717) is 18.7 Å². The maximum atomic E-state index is 13.9. The van der Waals surface area contributed by atoms with E-state index in [1.54, 1.807) is 12.1 Å². The molecule has 186 valence electrons. The van der Waals surface area contributed by atoms with Gasteiger partial charge in [0.1, 0.15) is 12.0 Å². The fourth-order valence-electron chi connectivity index (χ4n) is 6.50. The highest BCUT2D eigenvalue weighted by Crippen LogP contribution is 2.54. The lowest BCUT2D eigenvalue weighted by atomic mass is 9.74. The van der Waals surface area contributed by atoms with Crippen LogP contribution in [0.15, 0.2) is 97.1 Å². The molecule has 37 heavy (non-hydrogen) atoms. The average molecular weight is 491 g/mol. The van der Waals surface area contributed by atoms with E-state index in [2.05, 4.69) is 91.5 Å². The summed E-state index contributed by atoms with van der Waals surface area (Å²) in [5, 5.41) is 0. The van der Waals surface area contributed by atoms with Gasteiger partial charge in [-0.1, -0.05) is 77.9 Å².